The van der Waals surface area contributed by atoms with Gasteiger partial charge in [-0.1, -0.05) is 0 Å². The van der Waals surface area contributed by atoms with Gasteiger partial charge < -0.3 is 17.2 Å². The summed E-state index contributed by atoms with van der Waals surface area (Å²) in [5.74, 6) is 0.354. The first-order chi connectivity index (χ1) is 5.68. The van der Waals surface area contributed by atoms with Crippen LogP contribution >= 0.6 is 0 Å². The number of nitrogens with zero attached hydrogens (tertiary/aromatic N) is 3. The molecule has 0 unspecified atom stereocenters. The monoisotopic (exact) mass is 167 g/mol. The van der Waals surface area contributed by atoms with Crippen molar-refractivity contribution in [2.75, 3.05) is 0 Å². The fraction of sp³-hybridized carbons (Fsp3) is 0. The Bertz CT molecular complexity index is 292. The number of hydrogen-bond acceptors (Lipinski definition) is 2. The van der Waals surface area contributed by atoms with Crippen LogP contribution in [0.2, 0.25) is 0 Å². The van der Waals surface area contributed by atoms with E-state index in [4.69, 9.17) is 17.2 Å². The summed E-state index contributed by atoms with van der Waals surface area (Å²) in [5.41, 5.74) is 15.4. The third-order valence-corrected chi connectivity index (χ3v) is 0.965. The molecule has 0 aliphatic heterocycles. The van der Waals surface area contributed by atoms with E-state index >= 15 is 0 Å². The molecular weight excluding hydrogens is 158 g/mol. The van der Waals surface area contributed by atoms with Crippen LogP contribution in [0, 0.1) is 0 Å². The third-order valence-electron chi connectivity index (χ3n) is 0.965. The van der Waals surface area contributed by atoms with Crippen LogP contribution in [0.25, 0.3) is 0 Å². The van der Waals surface area contributed by atoms with Crippen LogP contribution in [0.15, 0.2) is 22.2 Å². The van der Waals surface area contributed by atoms with E-state index in [0.29, 0.717) is 5.82 Å². The molecular formula is C5H9N7. The summed E-state index contributed by atoms with van der Waals surface area (Å²) in [6.07, 6.45) is 1.54. The second-order valence-corrected chi connectivity index (χ2v) is 1.95. The Balaban J connectivity index is 2.77. The zero-order valence-corrected chi connectivity index (χ0v) is 6.23. The summed E-state index contributed by atoms with van der Waals surface area (Å²) in [5, 5.41) is 6.23. The molecule has 0 aromatic carbocycles. The lowest BCUT2D eigenvalue weighted by Gasteiger charge is -1.91. The number of nitrogens with one attached hydrogen (secondary N) is 1. The van der Waals surface area contributed by atoms with Gasteiger partial charge in [0.2, 0.25) is 5.96 Å². The first kappa shape index (κ1) is 8.05. The maximum absolute atomic E-state index is 5.32. The molecule has 1 aromatic heterocycles. The first-order valence-electron chi connectivity index (χ1n) is 3.11. The minimum absolute atomic E-state index is 0.0146. The predicted octanol–water partition coefficient (Wildman–Crippen LogP) is -1.37. The fourth-order valence-corrected chi connectivity index (χ4v) is 0.591. The highest BCUT2D eigenvalue weighted by atomic mass is 15.2. The highest BCUT2D eigenvalue weighted by Crippen LogP contribution is 2.02. The fourth-order valence-electron chi connectivity index (χ4n) is 0.591. The van der Waals surface area contributed by atoms with Gasteiger partial charge >= 0.3 is 0 Å². The smallest absolute Gasteiger partial charge is 0.225 e. The minimum Gasteiger partial charge on any atom is -0.370 e. The normalized spacial score (nSPS) is 11.2. The van der Waals surface area contributed by atoms with Gasteiger partial charge in [-0.3, -0.25) is 5.10 Å². The van der Waals surface area contributed by atoms with Crippen LogP contribution < -0.4 is 17.2 Å². The van der Waals surface area contributed by atoms with Gasteiger partial charge in [0.15, 0.2) is 11.8 Å². The lowest BCUT2D eigenvalue weighted by atomic mass is 10.6. The molecule has 1 heterocycles. The van der Waals surface area contributed by atoms with E-state index in [0.717, 1.165) is 0 Å². The number of aromatic nitrogens is 2. The molecule has 0 aliphatic rings. The quantitative estimate of drug-likeness (QED) is 0.303. The zero-order valence-electron chi connectivity index (χ0n) is 6.23. The Labute approximate surface area is 68.4 Å². The van der Waals surface area contributed by atoms with E-state index in [1.807, 2.05) is 0 Å². The van der Waals surface area contributed by atoms with Crippen molar-refractivity contribution in [3.05, 3.63) is 12.3 Å². The maximum Gasteiger partial charge on any atom is 0.225 e. The van der Waals surface area contributed by atoms with Crippen LogP contribution in [-0.4, -0.2) is 22.1 Å². The van der Waals surface area contributed by atoms with Gasteiger partial charge in [0, 0.05) is 6.07 Å². The van der Waals surface area contributed by atoms with Crippen molar-refractivity contribution >= 4 is 17.7 Å². The molecule has 12 heavy (non-hydrogen) atoms. The Kier molecular flexibility index (Phi) is 2.26. The van der Waals surface area contributed by atoms with Gasteiger partial charge in [-0.25, -0.2) is 0 Å². The molecule has 7 nitrogen and oxygen atoms in total. The van der Waals surface area contributed by atoms with Gasteiger partial charge in [-0.2, -0.15) is 15.1 Å². The summed E-state index contributed by atoms with van der Waals surface area (Å²) in [4.78, 5) is 7.29. The Morgan fingerprint density at radius 3 is 2.67 bits per heavy atom. The summed E-state index contributed by atoms with van der Waals surface area (Å²) >= 11 is 0. The van der Waals surface area contributed by atoms with Crippen LogP contribution in [0.1, 0.15) is 0 Å². The molecule has 1 rings (SSSR count). The molecule has 7 heteroatoms. The molecule has 7 N–H and O–H groups in total. The number of nitrogens with two attached hydrogens (primary N) is 3. The van der Waals surface area contributed by atoms with Crippen LogP contribution in [-0.2, 0) is 0 Å². The van der Waals surface area contributed by atoms with Crippen LogP contribution in [0.3, 0.4) is 0 Å². The molecule has 0 atom stereocenters. The van der Waals surface area contributed by atoms with Gasteiger partial charge in [-0.15, -0.1) is 0 Å². The summed E-state index contributed by atoms with van der Waals surface area (Å²) < 4.78 is 0. The summed E-state index contributed by atoms with van der Waals surface area (Å²) in [7, 11) is 0. The predicted molar refractivity (Wildman–Crippen MR) is 45.7 cm³/mol. The molecule has 0 bridgehead atoms. The van der Waals surface area contributed by atoms with Gasteiger partial charge in [0.25, 0.3) is 0 Å². The molecule has 0 aliphatic carbocycles. The largest absolute Gasteiger partial charge is 0.370 e. The lowest BCUT2D eigenvalue weighted by Crippen LogP contribution is -2.26. The highest BCUT2D eigenvalue weighted by Gasteiger charge is 1.91. The van der Waals surface area contributed by atoms with Crippen molar-refractivity contribution in [1.29, 1.82) is 0 Å². The van der Waals surface area contributed by atoms with Crippen molar-refractivity contribution in [2.45, 2.75) is 0 Å². The Morgan fingerprint density at radius 2 is 2.17 bits per heavy atom. The van der Waals surface area contributed by atoms with E-state index in [-0.39, 0.29) is 11.9 Å². The van der Waals surface area contributed by atoms with Gasteiger partial charge in [-0.05, 0) is 0 Å². The summed E-state index contributed by atoms with van der Waals surface area (Å²) in [6.45, 7) is 0. The van der Waals surface area contributed by atoms with Crippen LogP contribution in [0.4, 0.5) is 5.82 Å². The average Bonchev–Trinajstić information content (AvgIpc) is 2.37. The van der Waals surface area contributed by atoms with E-state index in [1.54, 1.807) is 12.3 Å². The standard InChI is InChI=1S/C5H9N7/c6-4(7)11-5(8)10-3-1-2-9-12-3/h1-2H,(H7,6,7,8,9,10,11,12). The molecule has 0 amide bonds. The highest BCUT2D eigenvalue weighted by molar-refractivity contribution is 5.93. The number of rotatable bonds is 1. The van der Waals surface area contributed by atoms with Gasteiger partial charge in [0.05, 0.1) is 6.20 Å². The SMILES string of the molecule is NC(N)=NC(N)=Nc1ccn[nH]1. The number of hydrogen-bond donors (Lipinski definition) is 4. The molecule has 0 spiro atoms. The van der Waals surface area contributed by atoms with E-state index in [2.05, 4.69) is 20.2 Å². The number of guanidine groups is 2. The van der Waals surface area contributed by atoms with Gasteiger partial charge in [0.1, 0.15) is 0 Å². The minimum atomic E-state index is -0.129. The van der Waals surface area contributed by atoms with E-state index < -0.39 is 0 Å². The van der Waals surface area contributed by atoms with E-state index in [1.165, 1.54) is 0 Å². The number of aliphatic imine (C=N–C) groups is 2. The topological polar surface area (TPSA) is 131 Å². The van der Waals surface area contributed by atoms with Crippen molar-refractivity contribution in [3.63, 3.8) is 0 Å². The Hall–Kier alpha value is -2.05. The maximum atomic E-state index is 5.32. The third kappa shape index (κ3) is 2.29. The van der Waals surface area contributed by atoms with Crippen molar-refractivity contribution in [1.82, 2.24) is 10.2 Å². The second kappa shape index (κ2) is 3.37. The molecule has 0 saturated carbocycles. The van der Waals surface area contributed by atoms with E-state index in [9.17, 15) is 0 Å². The number of aromatic amines is 1. The average molecular weight is 167 g/mol. The first-order valence-corrected chi connectivity index (χ1v) is 3.11. The summed E-state index contributed by atoms with van der Waals surface area (Å²) in [6, 6.07) is 1.63. The number of H-pyrrole nitrogens is 1. The molecule has 64 valence electrons. The van der Waals surface area contributed by atoms with Crippen LogP contribution in [0.5, 0.6) is 0 Å². The second-order valence-electron chi connectivity index (χ2n) is 1.95. The molecule has 0 fully saturated rings. The molecule has 0 radical (unpaired) electrons. The Morgan fingerprint density at radius 1 is 1.42 bits per heavy atom. The lowest BCUT2D eigenvalue weighted by molar-refractivity contribution is 1.08. The van der Waals surface area contributed by atoms with Crippen molar-refractivity contribution in [3.8, 4) is 0 Å². The molecule has 1 aromatic rings. The van der Waals surface area contributed by atoms with Crippen molar-refractivity contribution < 1.29 is 0 Å². The van der Waals surface area contributed by atoms with Crippen molar-refractivity contribution in [2.24, 2.45) is 27.2 Å². The zero-order chi connectivity index (χ0) is 8.97. The molecule has 0 saturated heterocycles.